The van der Waals surface area contributed by atoms with Crippen molar-refractivity contribution in [1.29, 1.82) is 0 Å². The Balaban J connectivity index is 1.72. The maximum Gasteiger partial charge on any atom is 0.305 e. The first-order valence-electron chi connectivity index (χ1n) is 9.71. The molecule has 2 aliphatic rings. The minimum absolute atomic E-state index is 0.251. The van der Waals surface area contributed by atoms with Gasteiger partial charge in [0.1, 0.15) is 17.2 Å². The third kappa shape index (κ3) is 3.61. The van der Waals surface area contributed by atoms with E-state index in [4.69, 9.17) is 9.47 Å². The van der Waals surface area contributed by atoms with Crippen LogP contribution in [0, 0.1) is 5.82 Å². The molecule has 2 aliphatic heterocycles. The van der Waals surface area contributed by atoms with Crippen LogP contribution in [0.2, 0.25) is 0 Å². The molecule has 2 aromatic carbocycles. The van der Waals surface area contributed by atoms with Crippen LogP contribution in [0.15, 0.2) is 54.3 Å². The van der Waals surface area contributed by atoms with Crippen molar-refractivity contribution in [3.05, 3.63) is 76.8 Å². The molecule has 0 fully saturated rings. The van der Waals surface area contributed by atoms with Gasteiger partial charge in [-0.25, -0.2) is 4.39 Å². The van der Waals surface area contributed by atoms with E-state index in [-0.39, 0.29) is 11.9 Å². The van der Waals surface area contributed by atoms with Crippen molar-refractivity contribution in [1.82, 2.24) is 0 Å². The van der Waals surface area contributed by atoms with Crippen LogP contribution in [0.25, 0.3) is 11.1 Å². The van der Waals surface area contributed by atoms with Gasteiger partial charge in [-0.1, -0.05) is 24.3 Å². The topological polar surface area (TPSA) is 64.6 Å². The Morgan fingerprint density at radius 3 is 2.77 bits per heavy atom. The highest BCUT2D eigenvalue weighted by Crippen LogP contribution is 2.44. The zero-order chi connectivity index (χ0) is 21.5. The molecular formula is C24H22FNO4. The zero-order valence-electron chi connectivity index (χ0n) is 17.0. The van der Waals surface area contributed by atoms with Crippen LogP contribution in [0.5, 0.6) is 0 Å². The Hall–Kier alpha value is -3.41. The first-order valence-corrected chi connectivity index (χ1v) is 9.71. The average molecular weight is 407 g/mol. The van der Waals surface area contributed by atoms with E-state index in [1.807, 2.05) is 44.2 Å². The summed E-state index contributed by atoms with van der Waals surface area (Å²) in [6.07, 6.45) is 2.75. The molecule has 2 aromatic rings. The first-order chi connectivity index (χ1) is 14.3. The van der Waals surface area contributed by atoms with E-state index in [2.05, 4.69) is 5.32 Å². The van der Waals surface area contributed by atoms with Crippen molar-refractivity contribution in [2.24, 2.45) is 0 Å². The number of amides is 1. The molecule has 2 heterocycles. The monoisotopic (exact) mass is 407 g/mol. The number of esters is 1. The molecule has 30 heavy (non-hydrogen) atoms. The van der Waals surface area contributed by atoms with Gasteiger partial charge < -0.3 is 14.8 Å². The molecule has 1 amide bonds. The van der Waals surface area contributed by atoms with Gasteiger partial charge in [0, 0.05) is 17.6 Å². The van der Waals surface area contributed by atoms with Crippen molar-refractivity contribution in [2.75, 3.05) is 12.4 Å². The van der Waals surface area contributed by atoms with Crippen LogP contribution in [-0.2, 0) is 25.5 Å². The van der Waals surface area contributed by atoms with Crippen molar-refractivity contribution < 1.29 is 23.5 Å². The van der Waals surface area contributed by atoms with E-state index in [9.17, 15) is 14.0 Å². The summed E-state index contributed by atoms with van der Waals surface area (Å²) in [5, 5.41) is 2.70. The molecule has 0 saturated heterocycles. The van der Waals surface area contributed by atoms with Crippen LogP contribution in [0.4, 0.5) is 10.1 Å². The number of methoxy groups -OCH3 is 1. The number of carbonyl (C=O) groups excluding carboxylic acids is 2. The second kappa shape index (κ2) is 7.44. The predicted octanol–water partition coefficient (Wildman–Crippen LogP) is 4.49. The molecule has 0 bridgehead atoms. The molecule has 154 valence electrons. The van der Waals surface area contributed by atoms with Gasteiger partial charge in [0.15, 0.2) is 0 Å². The minimum atomic E-state index is -0.660. The number of hydrogen-bond acceptors (Lipinski definition) is 4. The number of halogens is 1. The molecule has 6 heteroatoms. The zero-order valence-corrected chi connectivity index (χ0v) is 17.0. The highest BCUT2D eigenvalue weighted by molar-refractivity contribution is 6.32. The molecule has 0 spiro atoms. The third-order valence-corrected chi connectivity index (χ3v) is 5.35. The Bertz CT molecular complexity index is 1110. The van der Waals surface area contributed by atoms with Crippen LogP contribution >= 0.6 is 0 Å². The first kappa shape index (κ1) is 19.9. The SMILES string of the molecule is COC(=O)CCc1cccc(C2=CC(=C3C(=O)Nc4cc(F)ccc43)OC2(C)C)c1. The number of carbonyl (C=O) groups is 2. The van der Waals surface area contributed by atoms with Crippen molar-refractivity contribution >= 4 is 28.7 Å². The van der Waals surface area contributed by atoms with Gasteiger partial charge in [-0.3, -0.25) is 9.59 Å². The minimum Gasteiger partial charge on any atom is -0.482 e. The summed E-state index contributed by atoms with van der Waals surface area (Å²) in [5.74, 6) is -0.518. The van der Waals surface area contributed by atoms with Gasteiger partial charge in [-0.2, -0.15) is 0 Å². The van der Waals surface area contributed by atoms with E-state index in [0.717, 1.165) is 16.7 Å². The predicted molar refractivity (Wildman–Crippen MR) is 112 cm³/mol. The van der Waals surface area contributed by atoms with Crippen LogP contribution in [0.3, 0.4) is 0 Å². The van der Waals surface area contributed by atoms with E-state index >= 15 is 0 Å². The highest BCUT2D eigenvalue weighted by atomic mass is 19.1. The number of rotatable bonds is 4. The average Bonchev–Trinajstić information content (AvgIpc) is 3.20. The smallest absolute Gasteiger partial charge is 0.305 e. The van der Waals surface area contributed by atoms with Gasteiger partial charge in [0.2, 0.25) is 0 Å². The number of anilines is 1. The molecule has 4 rings (SSSR count). The van der Waals surface area contributed by atoms with E-state index in [0.29, 0.717) is 35.4 Å². The molecule has 0 aliphatic carbocycles. The van der Waals surface area contributed by atoms with Crippen molar-refractivity contribution in [2.45, 2.75) is 32.3 Å². The summed E-state index contributed by atoms with van der Waals surface area (Å²) >= 11 is 0. The lowest BCUT2D eigenvalue weighted by molar-refractivity contribution is -0.140. The van der Waals surface area contributed by atoms with Gasteiger partial charge >= 0.3 is 5.97 Å². The molecule has 0 radical (unpaired) electrons. The Morgan fingerprint density at radius 1 is 1.20 bits per heavy atom. The molecule has 1 N–H and O–H groups in total. The largest absolute Gasteiger partial charge is 0.482 e. The number of allylic oxidation sites excluding steroid dienone is 1. The van der Waals surface area contributed by atoms with Gasteiger partial charge in [0.05, 0.1) is 18.4 Å². The lowest BCUT2D eigenvalue weighted by Crippen LogP contribution is -2.21. The molecule has 0 saturated carbocycles. The number of benzene rings is 2. The summed E-state index contributed by atoms with van der Waals surface area (Å²) in [4.78, 5) is 24.0. The quantitative estimate of drug-likeness (QED) is 0.599. The standard InChI is InChI=1S/C24H22FNO4/c1-24(2)18(15-6-4-5-14(11-15)7-10-21(27)29-3)13-20(30-24)22-17-9-8-16(25)12-19(17)26-23(22)28/h4-6,8-9,11-13H,7,10H2,1-3H3,(H,26,28). The lowest BCUT2D eigenvalue weighted by atomic mass is 9.90. The Labute approximate surface area is 174 Å². The summed E-state index contributed by atoms with van der Waals surface area (Å²) in [7, 11) is 1.38. The summed E-state index contributed by atoms with van der Waals surface area (Å²) < 4.78 is 24.4. The van der Waals surface area contributed by atoms with E-state index < -0.39 is 11.4 Å². The van der Waals surface area contributed by atoms with Crippen LogP contribution in [-0.4, -0.2) is 24.6 Å². The normalized spacial score (nSPS) is 19.1. The van der Waals surface area contributed by atoms with Gasteiger partial charge in [0.25, 0.3) is 5.91 Å². The second-order valence-corrected chi connectivity index (χ2v) is 7.83. The van der Waals surface area contributed by atoms with Gasteiger partial charge in [-0.15, -0.1) is 0 Å². The molecule has 0 unspecified atom stereocenters. The Kier molecular flexibility index (Phi) is 4.94. The van der Waals surface area contributed by atoms with Crippen LogP contribution < -0.4 is 5.32 Å². The third-order valence-electron chi connectivity index (χ3n) is 5.35. The van der Waals surface area contributed by atoms with Crippen molar-refractivity contribution in [3.63, 3.8) is 0 Å². The lowest BCUT2D eigenvalue weighted by Gasteiger charge is -2.23. The molecule has 5 nitrogen and oxygen atoms in total. The molecular weight excluding hydrogens is 385 g/mol. The number of nitrogens with one attached hydrogen (secondary N) is 1. The second-order valence-electron chi connectivity index (χ2n) is 7.83. The fourth-order valence-electron chi connectivity index (χ4n) is 3.85. The maximum absolute atomic E-state index is 13.5. The fourth-order valence-corrected chi connectivity index (χ4v) is 3.85. The fraction of sp³-hybridized carbons (Fsp3) is 0.250. The van der Waals surface area contributed by atoms with Crippen LogP contribution in [0.1, 0.15) is 37.0 Å². The summed E-state index contributed by atoms with van der Waals surface area (Å²) in [6, 6.07) is 12.1. The van der Waals surface area contributed by atoms with E-state index in [1.54, 1.807) is 6.07 Å². The van der Waals surface area contributed by atoms with Crippen molar-refractivity contribution in [3.8, 4) is 0 Å². The Morgan fingerprint density at radius 2 is 2.00 bits per heavy atom. The molecule has 0 atom stereocenters. The summed E-state index contributed by atoms with van der Waals surface area (Å²) in [5.41, 5.74) is 3.69. The maximum atomic E-state index is 13.5. The highest BCUT2D eigenvalue weighted by Gasteiger charge is 2.38. The molecule has 0 aromatic heterocycles. The number of hydrogen-bond donors (Lipinski definition) is 1. The summed E-state index contributed by atoms with van der Waals surface area (Å²) in [6.45, 7) is 3.87. The number of ether oxygens (including phenoxy) is 2. The van der Waals surface area contributed by atoms with Gasteiger partial charge in [-0.05, 0) is 55.7 Å². The van der Waals surface area contributed by atoms with E-state index in [1.165, 1.54) is 19.2 Å². The number of aryl methyl sites for hydroxylation is 1. The number of fused-ring (bicyclic) bond motifs is 1.